The van der Waals surface area contributed by atoms with Gasteiger partial charge >= 0.3 is 0 Å². The fraction of sp³-hybridized carbons (Fsp3) is 0.0667. The lowest BCUT2D eigenvalue weighted by Gasteiger charge is -2.09. The normalized spacial score (nSPS) is 10.1. The highest BCUT2D eigenvalue weighted by Crippen LogP contribution is 2.19. The third kappa shape index (κ3) is 3.34. The van der Waals surface area contributed by atoms with E-state index in [1.807, 2.05) is 30.3 Å². The van der Waals surface area contributed by atoms with Gasteiger partial charge in [0.2, 0.25) is 0 Å². The van der Waals surface area contributed by atoms with Crippen LogP contribution in [0.2, 0.25) is 5.02 Å². The van der Waals surface area contributed by atoms with Gasteiger partial charge in [0.05, 0.1) is 0 Å². The van der Waals surface area contributed by atoms with Crippen LogP contribution in [0.1, 0.15) is 5.56 Å². The quantitative estimate of drug-likeness (QED) is 0.848. The van der Waals surface area contributed by atoms with E-state index in [0.717, 1.165) is 11.1 Å². The molecule has 0 unspecified atom stereocenters. The van der Waals surface area contributed by atoms with Crippen LogP contribution in [-0.4, -0.2) is 6.54 Å². The second-order valence-corrected chi connectivity index (χ2v) is 4.42. The van der Waals surface area contributed by atoms with Crippen LogP contribution in [0, 0.1) is 5.82 Å². The van der Waals surface area contributed by atoms with E-state index in [1.54, 1.807) is 6.07 Å². The van der Waals surface area contributed by atoms with Crippen molar-refractivity contribution in [2.24, 2.45) is 0 Å². The SMILES string of the molecule is C=C(CNc1cc(F)cc(Cl)c1)c1ccccc1. The molecule has 2 rings (SSSR count). The van der Waals surface area contributed by atoms with Crippen molar-refractivity contribution in [3.05, 3.63) is 71.5 Å². The van der Waals surface area contributed by atoms with E-state index < -0.39 is 0 Å². The Bertz CT molecular complexity index is 531. The average Bonchev–Trinajstić information content (AvgIpc) is 2.36. The molecular formula is C15H13ClFN. The van der Waals surface area contributed by atoms with Crippen LogP contribution in [0.3, 0.4) is 0 Å². The lowest BCUT2D eigenvalue weighted by molar-refractivity contribution is 0.628. The molecule has 0 spiro atoms. The minimum Gasteiger partial charge on any atom is -0.381 e. The first kappa shape index (κ1) is 12.7. The Kier molecular flexibility index (Phi) is 4.00. The number of halogens is 2. The van der Waals surface area contributed by atoms with Gasteiger partial charge in [-0.05, 0) is 29.3 Å². The molecule has 92 valence electrons. The molecule has 0 radical (unpaired) electrons. The summed E-state index contributed by atoms with van der Waals surface area (Å²) in [6.45, 7) is 4.54. The average molecular weight is 262 g/mol. The first-order valence-electron chi connectivity index (χ1n) is 5.58. The molecule has 1 nitrogen and oxygen atoms in total. The lowest BCUT2D eigenvalue weighted by atomic mass is 10.1. The van der Waals surface area contributed by atoms with Crippen molar-refractivity contribution < 1.29 is 4.39 Å². The maximum atomic E-state index is 13.1. The maximum absolute atomic E-state index is 13.1. The summed E-state index contributed by atoms with van der Waals surface area (Å²) >= 11 is 5.78. The van der Waals surface area contributed by atoms with Crippen molar-refractivity contribution >= 4 is 22.9 Å². The number of hydrogen-bond acceptors (Lipinski definition) is 1. The van der Waals surface area contributed by atoms with Crippen LogP contribution in [0.25, 0.3) is 5.57 Å². The van der Waals surface area contributed by atoms with Crippen molar-refractivity contribution in [3.63, 3.8) is 0 Å². The molecule has 0 saturated carbocycles. The molecule has 0 heterocycles. The molecule has 0 bridgehead atoms. The summed E-state index contributed by atoms with van der Waals surface area (Å²) < 4.78 is 13.1. The van der Waals surface area contributed by atoms with Gasteiger partial charge < -0.3 is 5.32 Å². The maximum Gasteiger partial charge on any atom is 0.126 e. The highest BCUT2D eigenvalue weighted by Gasteiger charge is 2.01. The van der Waals surface area contributed by atoms with E-state index in [-0.39, 0.29) is 5.82 Å². The molecule has 0 aliphatic heterocycles. The largest absolute Gasteiger partial charge is 0.381 e. The van der Waals surface area contributed by atoms with E-state index in [4.69, 9.17) is 11.6 Å². The predicted molar refractivity (Wildman–Crippen MR) is 75.4 cm³/mol. The van der Waals surface area contributed by atoms with Gasteiger partial charge in [-0.1, -0.05) is 48.5 Å². The van der Waals surface area contributed by atoms with E-state index >= 15 is 0 Å². The highest BCUT2D eigenvalue weighted by atomic mass is 35.5. The van der Waals surface area contributed by atoms with Gasteiger partial charge in [-0.15, -0.1) is 0 Å². The number of benzene rings is 2. The monoisotopic (exact) mass is 261 g/mol. The standard InChI is InChI=1S/C15H13ClFN/c1-11(12-5-3-2-4-6-12)10-18-15-8-13(16)7-14(17)9-15/h2-9,18H,1,10H2. The Morgan fingerprint density at radius 1 is 1.17 bits per heavy atom. The summed E-state index contributed by atoms with van der Waals surface area (Å²) in [7, 11) is 0. The number of nitrogens with one attached hydrogen (secondary N) is 1. The van der Waals surface area contributed by atoms with Crippen molar-refractivity contribution in [1.82, 2.24) is 0 Å². The molecule has 2 aromatic rings. The van der Waals surface area contributed by atoms with Gasteiger partial charge in [-0.3, -0.25) is 0 Å². The number of anilines is 1. The first-order valence-corrected chi connectivity index (χ1v) is 5.96. The number of hydrogen-bond donors (Lipinski definition) is 1. The first-order chi connectivity index (χ1) is 8.65. The van der Waals surface area contributed by atoms with Crippen LogP contribution >= 0.6 is 11.6 Å². The third-order valence-electron chi connectivity index (χ3n) is 2.55. The highest BCUT2D eigenvalue weighted by molar-refractivity contribution is 6.30. The van der Waals surface area contributed by atoms with Crippen LogP contribution in [0.15, 0.2) is 55.1 Å². The fourth-order valence-corrected chi connectivity index (χ4v) is 1.86. The Balaban J connectivity index is 2.02. The third-order valence-corrected chi connectivity index (χ3v) is 2.77. The second-order valence-electron chi connectivity index (χ2n) is 3.98. The van der Waals surface area contributed by atoms with Gasteiger partial charge in [0.1, 0.15) is 5.82 Å². The zero-order valence-electron chi connectivity index (χ0n) is 9.79. The second kappa shape index (κ2) is 5.69. The van der Waals surface area contributed by atoms with Gasteiger partial charge in [0.15, 0.2) is 0 Å². The van der Waals surface area contributed by atoms with Crippen molar-refractivity contribution in [1.29, 1.82) is 0 Å². The summed E-state index contributed by atoms with van der Waals surface area (Å²) in [6, 6.07) is 14.2. The summed E-state index contributed by atoms with van der Waals surface area (Å²) in [6.07, 6.45) is 0. The van der Waals surface area contributed by atoms with E-state index in [2.05, 4.69) is 11.9 Å². The Hall–Kier alpha value is -1.80. The minimum atomic E-state index is -0.352. The molecule has 0 atom stereocenters. The van der Waals surface area contributed by atoms with Gasteiger partial charge in [-0.25, -0.2) is 4.39 Å². The fourth-order valence-electron chi connectivity index (χ4n) is 1.64. The molecule has 0 aliphatic carbocycles. The van der Waals surface area contributed by atoms with Crippen LogP contribution < -0.4 is 5.32 Å². The molecule has 2 aromatic carbocycles. The van der Waals surface area contributed by atoms with Crippen molar-refractivity contribution in [3.8, 4) is 0 Å². The summed E-state index contributed by atoms with van der Waals surface area (Å²) in [5, 5.41) is 3.48. The molecule has 0 amide bonds. The van der Waals surface area contributed by atoms with E-state index in [0.29, 0.717) is 17.3 Å². The van der Waals surface area contributed by atoms with Gasteiger partial charge in [0, 0.05) is 17.3 Å². The van der Waals surface area contributed by atoms with Crippen LogP contribution in [0.4, 0.5) is 10.1 Å². The Morgan fingerprint density at radius 3 is 2.56 bits per heavy atom. The molecule has 1 N–H and O–H groups in total. The van der Waals surface area contributed by atoms with Crippen LogP contribution in [-0.2, 0) is 0 Å². The topological polar surface area (TPSA) is 12.0 Å². The summed E-state index contributed by atoms with van der Waals surface area (Å²) in [5.74, 6) is -0.352. The summed E-state index contributed by atoms with van der Waals surface area (Å²) in [5.41, 5.74) is 2.65. The van der Waals surface area contributed by atoms with Crippen molar-refractivity contribution in [2.75, 3.05) is 11.9 Å². The number of rotatable bonds is 4. The van der Waals surface area contributed by atoms with Gasteiger partial charge in [-0.2, -0.15) is 0 Å². The zero-order valence-corrected chi connectivity index (χ0v) is 10.5. The summed E-state index contributed by atoms with van der Waals surface area (Å²) in [4.78, 5) is 0. The molecule has 0 aliphatic rings. The Labute approximate surface area is 111 Å². The van der Waals surface area contributed by atoms with E-state index in [9.17, 15) is 4.39 Å². The molecule has 3 heteroatoms. The molecule has 0 aromatic heterocycles. The molecule has 18 heavy (non-hydrogen) atoms. The molecular weight excluding hydrogens is 249 g/mol. The lowest BCUT2D eigenvalue weighted by Crippen LogP contribution is -2.03. The Morgan fingerprint density at radius 2 is 1.89 bits per heavy atom. The van der Waals surface area contributed by atoms with Crippen molar-refractivity contribution in [2.45, 2.75) is 0 Å². The molecule has 0 saturated heterocycles. The zero-order chi connectivity index (χ0) is 13.0. The smallest absolute Gasteiger partial charge is 0.126 e. The van der Waals surface area contributed by atoms with Gasteiger partial charge in [0.25, 0.3) is 0 Å². The minimum absolute atomic E-state index is 0.352. The van der Waals surface area contributed by atoms with Crippen LogP contribution in [0.5, 0.6) is 0 Å². The molecule has 0 fully saturated rings. The predicted octanol–water partition coefficient (Wildman–Crippen LogP) is 4.60. The van der Waals surface area contributed by atoms with E-state index in [1.165, 1.54) is 12.1 Å².